The van der Waals surface area contributed by atoms with Crippen molar-refractivity contribution in [2.75, 3.05) is 7.11 Å². The molecular weight excluding hydrogens is 168 g/mol. The molecule has 1 aromatic heterocycles. The molecule has 0 saturated carbocycles. The molecule has 0 spiro atoms. The van der Waals surface area contributed by atoms with Crippen LogP contribution in [0.1, 0.15) is 5.69 Å². The SMILES string of the molecule is COc1c(Cl)c(CO)nn1C. The zero-order valence-corrected chi connectivity index (χ0v) is 7.09. The van der Waals surface area contributed by atoms with E-state index < -0.39 is 0 Å². The van der Waals surface area contributed by atoms with Crippen molar-refractivity contribution in [2.24, 2.45) is 7.05 Å². The first-order chi connectivity index (χ1) is 5.20. The number of aromatic nitrogens is 2. The van der Waals surface area contributed by atoms with Gasteiger partial charge >= 0.3 is 0 Å². The summed E-state index contributed by atoms with van der Waals surface area (Å²) in [4.78, 5) is 0. The highest BCUT2D eigenvalue weighted by Gasteiger charge is 2.12. The van der Waals surface area contributed by atoms with Gasteiger partial charge in [0.15, 0.2) is 0 Å². The maximum absolute atomic E-state index is 8.74. The number of aliphatic hydroxyl groups excluding tert-OH is 1. The van der Waals surface area contributed by atoms with E-state index in [1.165, 1.54) is 11.8 Å². The Kier molecular flexibility index (Phi) is 2.36. The van der Waals surface area contributed by atoms with E-state index >= 15 is 0 Å². The van der Waals surface area contributed by atoms with Gasteiger partial charge in [0.2, 0.25) is 5.88 Å². The molecule has 1 rings (SSSR count). The smallest absolute Gasteiger partial charge is 0.230 e. The maximum atomic E-state index is 8.74. The fourth-order valence-corrected chi connectivity index (χ4v) is 1.16. The second-order valence-corrected chi connectivity index (χ2v) is 2.43. The summed E-state index contributed by atoms with van der Waals surface area (Å²) in [6.07, 6.45) is 0. The lowest BCUT2D eigenvalue weighted by Crippen LogP contribution is -1.95. The van der Waals surface area contributed by atoms with Crippen molar-refractivity contribution in [3.05, 3.63) is 10.7 Å². The second kappa shape index (κ2) is 3.11. The van der Waals surface area contributed by atoms with Crippen molar-refractivity contribution in [3.63, 3.8) is 0 Å². The zero-order valence-electron chi connectivity index (χ0n) is 6.33. The number of nitrogens with zero attached hydrogens (tertiary/aromatic N) is 2. The molecule has 1 aromatic rings. The molecule has 11 heavy (non-hydrogen) atoms. The van der Waals surface area contributed by atoms with Gasteiger partial charge in [0, 0.05) is 7.05 Å². The van der Waals surface area contributed by atoms with E-state index in [1.807, 2.05) is 0 Å². The Balaban J connectivity index is 3.14. The largest absolute Gasteiger partial charge is 0.480 e. The minimum Gasteiger partial charge on any atom is -0.480 e. The van der Waals surface area contributed by atoms with E-state index in [0.717, 1.165) is 0 Å². The molecule has 0 aromatic carbocycles. The summed E-state index contributed by atoms with van der Waals surface area (Å²) in [5, 5.41) is 13.0. The van der Waals surface area contributed by atoms with Crippen molar-refractivity contribution >= 4 is 11.6 Å². The number of aliphatic hydroxyl groups is 1. The van der Waals surface area contributed by atoms with E-state index in [1.54, 1.807) is 7.05 Å². The van der Waals surface area contributed by atoms with Gasteiger partial charge < -0.3 is 9.84 Å². The highest BCUT2D eigenvalue weighted by Crippen LogP contribution is 2.26. The molecule has 1 heterocycles. The van der Waals surface area contributed by atoms with Crippen molar-refractivity contribution in [1.82, 2.24) is 9.78 Å². The van der Waals surface area contributed by atoms with Gasteiger partial charge in [0.25, 0.3) is 0 Å². The zero-order chi connectivity index (χ0) is 8.43. The highest BCUT2D eigenvalue weighted by atomic mass is 35.5. The summed E-state index contributed by atoms with van der Waals surface area (Å²) in [6, 6.07) is 0. The van der Waals surface area contributed by atoms with Crippen LogP contribution in [0.4, 0.5) is 0 Å². The van der Waals surface area contributed by atoms with Gasteiger partial charge in [-0.15, -0.1) is 0 Å². The lowest BCUT2D eigenvalue weighted by atomic mass is 10.4. The van der Waals surface area contributed by atoms with Crippen molar-refractivity contribution < 1.29 is 9.84 Å². The predicted molar refractivity (Wildman–Crippen MR) is 40.7 cm³/mol. The molecule has 0 radical (unpaired) electrons. The Labute approximate surface area is 69.3 Å². The highest BCUT2D eigenvalue weighted by molar-refractivity contribution is 6.32. The molecule has 5 heteroatoms. The molecular formula is C6H9ClN2O2. The molecule has 62 valence electrons. The van der Waals surface area contributed by atoms with Gasteiger partial charge in [-0.25, -0.2) is 4.68 Å². The van der Waals surface area contributed by atoms with E-state index in [9.17, 15) is 0 Å². The Hall–Kier alpha value is -0.740. The lowest BCUT2D eigenvalue weighted by molar-refractivity contribution is 0.275. The summed E-state index contributed by atoms with van der Waals surface area (Å²) in [5.74, 6) is 0.468. The van der Waals surface area contributed by atoms with Crippen LogP contribution in [-0.4, -0.2) is 22.0 Å². The third-order valence-electron chi connectivity index (χ3n) is 1.35. The minimum atomic E-state index is -0.171. The van der Waals surface area contributed by atoms with E-state index in [0.29, 0.717) is 16.6 Å². The molecule has 4 nitrogen and oxygen atoms in total. The molecule has 0 aliphatic rings. The van der Waals surface area contributed by atoms with Gasteiger partial charge in [-0.2, -0.15) is 5.10 Å². The maximum Gasteiger partial charge on any atom is 0.230 e. The molecule has 1 N–H and O–H groups in total. The predicted octanol–water partition coefficient (Wildman–Crippen LogP) is 0.574. The van der Waals surface area contributed by atoms with Crippen molar-refractivity contribution in [3.8, 4) is 5.88 Å². The molecule has 0 aliphatic heterocycles. The summed E-state index contributed by atoms with van der Waals surface area (Å²) in [5.41, 5.74) is 0.436. The first-order valence-electron chi connectivity index (χ1n) is 3.07. The molecule has 0 saturated heterocycles. The average molecular weight is 177 g/mol. The van der Waals surface area contributed by atoms with E-state index in [2.05, 4.69) is 5.10 Å². The monoisotopic (exact) mass is 176 g/mol. The van der Waals surface area contributed by atoms with Crippen molar-refractivity contribution in [2.45, 2.75) is 6.61 Å². The fourth-order valence-electron chi connectivity index (χ4n) is 0.859. The van der Waals surface area contributed by atoms with Crippen LogP contribution in [0.15, 0.2) is 0 Å². The third kappa shape index (κ3) is 1.32. The van der Waals surface area contributed by atoms with Crippen LogP contribution in [-0.2, 0) is 13.7 Å². The summed E-state index contributed by atoms with van der Waals surface area (Å²) in [7, 11) is 3.20. The summed E-state index contributed by atoms with van der Waals surface area (Å²) >= 11 is 5.76. The molecule has 0 bridgehead atoms. The first kappa shape index (κ1) is 8.36. The van der Waals surface area contributed by atoms with Gasteiger partial charge in [-0.3, -0.25) is 0 Å². The van der Waals surface area contributed by atoms with Crippen molar-refractivity contribution in [1.29, 1.82) is 0 Å². The number of methoxy groups -OCH3 is 1. The number of hydrogen-bond acceptors (Lipinski definition) is 3. The summed E-state index contributed by atoms with van der Waals surface area (Å²) in [6.45, 7) is -0.171. The van der Waals surface area contributed by atoms with Gasteiger partial charge in [0.1, 0.15) is 10.7 Å². The molecule has 0 aliphatic carbocycles. The number of hydrogen-bond donors (Lipinski definition) is 1. The standard InChI is InChI=1S/C6H9ClN2O2/c1-9-6(11-2)5(7)4(3-10)8-9/h10H,3H2,1-2H3. The number of rotatable bonds is 2. The average Bonchev–Trinajstić information content (AvgIpc) is 2.26. The van der Waals surface area contributed by atoms with Crippen LogP contribution < -0.4 is 4.74 Å². The number of aryl methyl sites for hydroxylation is 1. The van der Waals surface area contributed by atoms with Crippen LogP contribution >= 0.6 is 11.6 Å². The molecule has 0 atom stereocenters. The van der Waals surface area contributed by atoms with Gasteiger partial charge in [-0.1, -0.05) is 11.6 Å². The van der Waals surface area contributed by atoms with Crippen LogP contribution in [0.25, 0.3) is 0 Å². The van der Waals surface area contributed by atoms with Crippen LogP contribution in [0, 0.1) is 0 Å². The summed E-state index contributed by atoms with van der Waals surface area (Å²) < 4.78 is 6.40. The second-order valence-electron chi connectivity index (χ2n) is 2.05. The van der Waals surface area contributed by atoms with Crippen LogP contribution in [0.5, 0.6) is 5.88 Å². The molecule has 0 amide bonds. The Morgan fingerprint density at radius 2 is 2.36 bits per heavy atom. The molecule has 0 fully saturated rings. The third-order valence-corrected chi connectivity index (χ3v) is 1.73. The first-order valence-corrected chi connectivity index (χ1v) is 3.44. The Bertz CT molecular complexity index is 259. The topological polar surface area (TPSA) is 47.3 Å². The Morgan fingerprint density at radius 3 is 2.64 bits per heavy atom. The molecule has 0 unspecified atom stereocenters. The minimum absolute atomic E-state index is 0.171. The van der Waals surface area contributed by atoms with Gasteiger partial charge in [-0.05, 0) is 0 Å². The number of ether oxygens (including phenoxy) is 1. The fraction of sp³-hybridized carbons (Fsp3) is 0.500. The van der Waals surface area contributed by atoms with Crippen LogP contribution in [0.3, 0.4) is 0 Å². The van der Waals surface area contributed by atoms with Gasteiger partial charge in [0.05, 0.1) is 13.7 Å². The number of halogens is 1. The van der Waals surface area contributed by atoms with E-state index in [-0.39, 0.29) is 6.61 Å². The Morgan fingerprint density at radius 1 is 1.73 bits per heavy atom. The normalized spacial score (nSPS) is 10.2. The van der Waals surface area contributed by atoms with E-state index in [4.69, 9.17) is 21.4 Å². The lowest BCUT2D eigenvalue weighted by Gasteiger charge is -1.97. The quantitative estimate of drug-likeness (QED) is 0.717. The van der Waals surface area contributed by atoms with Crippen LogP contribution in [0.2, 0.25) is 5.02 Å².